The van der Waals surface area contributed by atoms with E-state index < -0.39 is 0 Å². The van der Waals surface area contributed by atoms with Crippen LogP contribution in [-0.2, 0) is 9.59 Å². The SMILES string of the molecule is CC(=O)N1CCCC(C(=O)NCC(C(C)C)C(C)C)C1. The molecule has 116 valence electrons. The summed E-state index contributed by atoms with van der Waals surface area (Å²) in [5.74, 6) is 1.79. The van der Waals surface area contributed by atoms with Crippen LogP contribution in [0.1, 0.15) is 47.5 Å². The summed E-state index contributed by atoms with van der Waals surface area (Å²) in [4.78, 5) is 25.5. The topological polar surface area (TPSA) is 49.4 Å². The van der Waals surface area contributed by atoms with E-state index in [1.54, 1.807) is 11.8 Å². The summed E-state index contributed by atoms with van der Waals surface area (Å²) in [6.07, 6.45) is 1.82. The molecule has 0 aromatic carbocycles. The van der Waals surface area contributed by atoms with Crippen LogP contribution in [0.25, 0.3) is 0 Å². The minimum absolute atomic E-state index is 0.0346. The molecular formula is C16H30N2O2. The van der Waals surface area contributed by atoms with E-state index in [1.165, 1.54) is 0 Å². The van der Waals surface area contributed by atoms with E-state index in [0.29, 0.717) is 24.3 Å². The van der Waals surface area contributed by atoms with Gasteiger partial charge in [0.1, 0.15) is 0 Å². The Morgan fingerprint density at radius 3 is 2.30 bits per heavy atom. The largest absolute Gasteiger partial charge is 0.356 e. The van der Waals surface area contributed by atoms with Gasteiger partial charge in [0.05, 0.1) is 5.92 Å². The smallest absolute Gasteiger partial charge is 0.224 e. The van der Waals surface area contributed by atoms with Gasteiger partial charge in [-0.1, -0.05) is 27.7 Å². The summed E-state index contributed by atoms with van der Waals surface area (Å²) < 4.78 is 0. The molecule has 0 saturated carbocycles. The number of carbonyl (C=O) groups is 2. The van der Waals surface area contributed by atoms with E-state index in [4.69, 9.17) is 0 Å². The van der Waals surface area contributed by atoms with Gasteiger partial charge in [-0.3, -0.25) is 9.59 Å². The predicted octanol–water partition coefficient (Wildman–Crippen LogP) is 2.29. The van der Waals surface area contributed by atoms with E-state index in [2.05, 4.69) is 33.0 Å². The van der Waals surface area contributed by atoms with E-state index in [1.807, 2.05) is 0 Å². The fraction of sp³-hybridized carbons (Fsp3) is 0.875. The molecular weight excluding hydrogens is 252 g/mol. The lowest BCUT2D eigenvalue weighted by molar-refractivity contribution is -0.134. The first kappa shape index (κ1) is 17.0. The molecule has 20 heavy (non-hydrogen) atoms. The highest BCUT2D eigenvalue weighted by Gasteiger charge is 2.27. The Labute approximate surface area is 123 Å². The van der Waals surface area contributed by atoms with Gasteiger partial charge in [0.2, 0.25) is 11.8 Å². The predicted molar refractivity (Wildman–Crippen MR) is 81.2 cm³/mol. The first-order valence-corrected chi connectivity index (χ1v) is 7.86. The molecule has 0 aromatic rings. The molecule has 4 nitrogen and oxygen atoms in total. The zero-order chi connectivity index (χ0) is 15.3. The number of hydrogen-bond donors (Lipinski definition) is 1. The van der Waals surface area contributed by atoms with Crippen LogP contribution in [-0.4, -0.2) is 36.3 Å². The summed E-state index contributed by atoms with van der Waals surface area (Å²) >= 11 is 0. The quantitative estimate of drug-likeness (QED) is 0.841. The zero-order valence-electron chi connectivity index (χ0n) is 13.6. The van der Waals surface area contributed by atoms with E-state index in [9.17, 15) is 9.59 Å². The molecule has 1 N–H and O–H groups in total. The number of carbonyl (C=O) groups excluding carboxylic acids is 2. The standard InChI is InChI=1S/C16H30N2O2/c1-11(2)15(12(3)4)9-17-16(20)14-7-6-8-18(10-14)13(5)19/h11-12,14-15H,6-10H2,1-5H3,(H,17,20). The molecule has 0 radical (unpaired) electrons. The molecule has 0 bridgehead atoms. The molecule has 0 aromatic heterocycles. The average Bonchev–Trinajstić information content (AvgIpc) is 2.38. The number of likely N-dealkylation sites (tertiary alicyclic amines) is 1. The second kappa shape index (κ2) is 7.65. The van der Waals surface area contributed by atoms with Crippen molar-refractivity contribution in [1.29, 1.82) is 0 Å². The van der Waals surface area contributed by atoms with Crippen molar-refractivity contribution in [2.24, 2.45) is 23.7 Å². The minimum Gasteiger partial charge on any atom is -0.356 e. The maximum absolute atomic E-state index is 12.3. The fourth-order valence-electron chi connectivity index (χ4n) is 3.08. The first-order valence-electron chi connectivity index (χ1n) is 7.86. The summed E-state index contributed by atoms with van der Waals surface area (Å²) in [6.45, 7) is 12.5. The summed E-state index contributed by atoms with van der Waals surface area (Å²) in [7, 11) is 0. The van der Waals surface area contributed by atoms with Crippen molar-refractivity contribution >= 4 is 11.8 Å². The molecule has 1 saturated heterocycles. The zero-order valence-corrected chi connectivity index (χ0v) is 13.6. The van der Waals surface area contributed by atoms with Crippen LogP contribution in [0.3, 0.4) is 0 Å². The summed E-state index contributed by atoms with van der Waals surface area (Å²) in [5, 5.41) is 3.10. The molecule has 1 unspecified atom stereocenters. The van der Waals surface area contributed by atoms with Gasteiger partial charge in [-0.05, 0) is 30.6 Å². The van der Waals surface area contributed by atoms with Gasteiger partial charge in [-0.25, -0.2) is 0 Å². The highest BCUT2D eigenvalue weighted by molar-refractivity contribution is 5.80. The number of piperidine rings is 1. The first-order chi connectivity index (χ1) is 9.32. The monoisotopic (exact) mass is 282 g/mol. The Morgan fingerprint density at radius 2 is 1.80 bits per heavy atom. The molecule has 1 aliphatic heterocycles. The minimum atomic E-state index is -0.0346. The van der Waals surface area contributed by atoms with E-state index in [-0.39, 0.29) is 17.7 Å². The Hall–Kier alpha value is -1.06. The second-order valence-electron chi connectivity index (χ2n) is 6.70. The lowest BCUT2D eigenvalue weighted by Gasteiger charge is -2.32. The average molecular weight is 282 g/mol. The van der Waals surface area contributed by atoms with Crippen LogP contribution in [0.5, 0.6) is 0 Å². The van der Waals surface area contributed by atoms with Crippen LogP contribution in [0.4, 0.5) is 0 Å². The van der Waals surface area contributed by atoms with E-state index in [0.717, 1.165) is 25.9 Å². The number of nitrogens with one attached hydrogen (secondary N) is 1. The molecule has 0 aliphatic carbocycles. The Bertz CT molecular complexity index is 331. The number of hydrogen-bond acceptors (Lipinski definition) is 2. The number of amides is 2. The van der Waals surface area contributed by atoms with Crippen molar-refractivity contribution in [3.8, 4) is 0 Å². The maximum Gasteiger partial charge on any atom is 0.224 e. The van der Waals surface area contributed by atoms with Crippen molar-refractivity contribution < 1.29 is 9.59 Å². The van der Waals surface area contributed by atoms with Crippen molar-refractivity contribution in [3.05, 3.63) is 0 Å². The Balaban J connectivity index is 2.47. The van der Waals surface area contributed by atoms with Gasteiger partial charge in [0.25, 0.3) is 0 Å². The third-order valence-corrected chi connectivity index (χ3v) is 4.46. The summed E-state index contributed by atoms with van der Waals surface area (Å²) in [5.41, 5.74) is 0. The Morgan fingerprint density at radius 1 is 1.20 bits per heavy atom. The van der Waals surface area contributed by atoms with E-state index >= 15 is 0 Å². The van der Waals surface area contributed by atoms with Gasteiger partial charge in [-0.15, -0.1) is 0 Å². The lowest BCUT2D eigenvalue weighted by Crippen LogP contribution is -2.46. The lowest BCUT2D eigenvalue weighted by atomic mass is 9.85. The highest BCUT2D eigenvalue weighted by Crippen LogP contribution is 2.21. The van der Waals surface area contributed by atoms with Crippen molar-refractivity contribution in [3.63, 3.8) is 0 Å². The van der Waals surface area contributed by atoms with Crippen LogP contribution in [0.15, 0.2) is 0 Å². The third kappa shape index (κ3) is 4.80. The van der Waals surface area contributed by atoms with Gasteiger partial charge in [-0.2, -0.15) is 0 Å². The third-order valence-electron chi connectivity index (χ3n) is 4.46. The maximum atomic E-state index is 12.3. The van der Waals surface area contributed by atoms with Crippen LogP contribution in [0, 0.1) is 23.7 Å². The number of rotatable bonds is 5. The van der Waals surface area contributed by atoms with Crippen molar-refractivity contribution in [1.82, 2.24) is 10.2 Å². The van der Waals surface area contributed by atoms with Gasteiger partial charge < -0.3 is 10.2 Å². The second-order valence-corrected chi connectivity index (χ2v) is 6.70. The highest BCUT2D eigenvalue weighted by atomic mass is 16.2. The molecule has 1 heterocycles. The van der Waals surface area contributed by atoms with Crippen LogP contribution in [0.2, 0.25) is 0 Å². The molecule has 1 fully saturated rings. The van der Waals surface area contributed by atoms with Gasteiger partial charge in [0.15, 0.2) is 0 Å². The normalized spacial score (nSPS) is 19.8. The van der Waals surface area contributed by atoms with Crippen molar-refractivity contribution in [2.75, 3.05) is 19.6 Å². The van der Waals surface area contributed by atoms with Gasteiger partial charge >= 0.3 is 0 Å². The molecule has 1 rings (SSSR count). The Kier molecular flexibility index (Phi) is 6.50. The summed E-state index contributed by atoms with van der Waals surface area (Å²) in [6, 6.07) is 0. The molecule has 4 heteroatoms. The van der Waals surface area contributed by atoms with Gasteiger partial charge in [0, 0.05) is 26.6 Å². The molecule has 1 aliphatic rings. The number of nitrogens with zero attached hydrogens (tertiary/aromatic N) is 1. The van der Waals surface area contributed by atoms with Crippen LogP contribution >= 0.6 is 0 Å². The molecule has 2 amide bonds. The molecule has 1 atom stereocenters. The van der Waals surface area contributed by atoms with Crippen molar-refractivity contribution in [2.45, 2.75) is 47.5 Å². The van der Waals surface area contributed by atoms with Crippen LogP contribution < -0.4 is 5.32 Å². The fourth-order valence-corrected chi connectivity index (χ4v) is 3.08. The molecule has 0 spiro atoms.